The quantitative estimate of drug-likeness (QED) is 0.731. The Bertz CT molecular complexity index is 454. The average molecular weight is 208 g/mol. The standard InChI is InChI=1S/C12H10F2O/c1-2-11-3-4-12(15-11)8-5-9(13)7-10(14)6-8/h3-7H,2H2,1H3. The average Bonchev–Trinajstić information content (AvgIpc) is 2.64. The molecule has 1 aromatic carbocycles. The molecule has 1 nitrogen and oxygen atoms in total. The smallest absolute Gasteiger partial charge is 0.134 e. The van der Waals surface area contributed by atoms with Crippen LogP contribution in [0.25, 0.3) is 11.3 Å². The zero-order chi connectivity index (χ0) is 10.8. The lowest BCUT2D eigenvalue weighted by atomic mass is 10.1. The number of rotatable bonds is 2. The number of aryl methyl sites for hydroxylation is 1. The number of benzene rings is 1. The Hall–Kier alpha value is -1.64. The summed E-state index contributed by atoms with van der Waals surface area (Å²) in [7, 11) is 0. The second kappa shape index (κ2) is 3.85. The maximum atomic E-state index is 12.9. The molecule has 0 saturated carbocycles. The maximum Gasteiger partial charge on any atom is 0.134 e. The SMILES string of the molecule is CCc1ccc(-c2cc(F)cc(F)c2)o1. The first-order valence-corrected chi connectivity index (χ1v) is 4.74. The largest absolute Gasteiger partial charge is 0.461 e. The van der Waals surface area contributed by atoms with Crippen LogP contribution in [0.15, 0.2) is 34.7 Å². The van der Waals surface area contributed by atoms with Gasteiger partial charge in [0, 0.05) is 18.1 Å². The first-order chi connectivity index (χ1) is 7.19. The monoisotopic (exact) mass is 208 g/mol. The van der Waals surface area contributed by atoms with E-state index in [1.165, 1.54) is 12.1 Å². The molecular formula is C12H10F2O. The van der Waals surface area contributed by atoms with Crippen LogP contribution < -0.4 is 0 Å². The van der Waals surface area contributed by atoms with E-state index in [1.807, 2.05) is 6.92 Å². The maximum absolute atomic E-state index is 12.9. The van der Waals surface area contributed by atoms with Gasteiger partial charge in [0.1, 0.15) is 23.2 Å². The summed E-state index contributed by atoms with van der Waals surface area (Å²) in [5.74, 6) is 0.0961. The molecule has 0 saturated heterocycles. The molecule has 2 aromatic rings. The number of halogens is 2. The molecule has 0 amide bonds. The van der Waals surface area contributed by atoms with Crippen LogP contribution >= 0.6 is 0 Å². The minimum absolute atomic E-state index is 0.423. The van der Waals surface area contributed by atoms with Crippen molar-refractivity contribution in [1.29, 1.82) is 0 Å². The Morgan fingerprint density at radius 2 is 1.73 bits per heavy atom. The van der Waals surface area contributed by atoms with E-state index >= 15 is 0 Å². The molecule has 0 aliphatic carbocycles. The third-order valence-corrected chi connectivity index (χ3v) is 2.16. The van der Waals surface area contributed by atoms with Crippen molar-refractivity contribution in [3.63, 3.8) is 0 Å². The topological polar surface area (TPSA) is 13.1 Å². The van der Waals surface area contributed by atoms with E-state index in [4.69, 9.17) is 4.42 Å². The van der Waals surface area contributed by atoms with Crippen molar-refractivity contribution in [2.75, 3.05) is 0 Å². The van der Waals surface area contributed by atoms with E-state index in [-0.39, 0.29) is 0 Å². The molecule has 1 heterocycles. The molecule has 0 unspecified atom stereocenters. The van der Waals surface area contributed by atoms with Crippen LogP contribution in [0.3, 0.4) is 0 Å². The Kier molecular flexibility index (Phi) is 2.54. The van der Waals surface area contributed by atoms with E-state index in [0.717, 1.165) is 18.2 Å². The van der Waals surface area contributed by atoms with Gasteiger partial charge in [0.15, 0.2) is 0 Å². The molecule has 0 N–H and O–H groups in total. The molecule has 0 atom stereocenters. The number of furan rings is 1. The molecule has 0 radical (unpaired) electrons. The van der Waals surface area contributed by atoms with Crippen LogP contribution in [0.1, 0.15) is 12.7 Å². The summed E-state index contributed by atoms with van der Waals surface area (Å²) in [6.45, 7) is 1.95. The molecule has 2 rings (SSSR count). The highest BCUT2D eigenvalue weighted by Gasteiger charge is 2.06. The summed E-state index contributed by atoms with van der Waals surface area (Å²) in [4.78, 5) is 0. The Balaban J connectivity index is 2.44. The van der Waals surface area contributed by atoms with E-state index in [9.17, 15) is 8.78 Å². The lowest BCUT2D eigenvalue weighted by molar-refractivity contribution is 0.526. The van der Waals surface area contributed by atoms with Crippen molar-refractivity contribution < 1.29 is 13.2 Å². The van der Waals surface area contributed by atoms with Gasteiger partial charge < -0.3 is 4.42 Å². The van der Waals surface area contributed by atoms with E-state index in [2.05, 4.69) is 0 Å². The Morgan fingerprint density at radius 3 is 2.27 bits per heavy atom. The van der Waals surface area contributed by atoms with Gasteiger partial charge in [0.25, 0.3) is 0 Å². The van der Waals surface area contributed by atoms with Gasteiger partial charge in [0.2, 0.25) is 0 Å². The Morgan fingerprint density at radius 1 is 1.07 bits per heavy atom. The molecule has 78 valence electrons. The highest BCUT2D eigenvalue weighted by atomic mass is 19.1. The van der Waals surface area contributed by atoms with Gasteiger partial charge in [-0.05, 0) is 24.3 Å². The van der Waals surface area contributed by atoms with Gasteiger partial charge >= 0.3 is 0 Å². The van der Waals surface area contributed by atoms with Gasteiger partial charge in [0.05, 0.1) is 0 Å². The van der Waals surface area contributed by atoms with Crippen molar-refractivity contribution in [2.45, 2.75) is 13.3 Å². The summed E-state index contributed by atoms with van der Waals surface area (Å²) < 4.78 is 31.2. The van der Waals surface area contributed by atoms with Gasteiger partial charge in [-0.15, -0.1) is 0 Å². The van der Waals surface area contributed by atoms with Crippen molar-refractivity contribution >= 4 is 0 Å². The van der Waals surface area contributed by atoms with Gasteiger partial charge in [-0.2, -0.15) is 0 Å². The van der Waals surface area contributed by atoms with Crippen LogP contribution in [-0.4, -0.2) is 0 Å². The van der Waals surface area contributed by atoms with E-state index in [1.54, 1.807) is 12.1 Å². The summed E-state index contributed by atoms with van der Waals surface area (Å²) in [6.07, 6.45) is 0.762. The molecule has 0 fully saturated rings. The fraction of sp³-hybridized carbons (Fsp3) is 0.167. The number of hydrogen-bond acceptors (Lipinski definition) is 1. The van der Waals surface area contributed by atoms with Crippen LogP contribution in [0.4, 0.5) is 8.78 Å². The molecule has 0 bridgehead atoms. The van der Waals surface area contributed by atoms with Crippen LogP contribution in [0.5, 0.6) is 0 Å². The zero-order valence-electron chi connectivity index (χ0n) is 8.26. The normalized spacial score (nSPS) is 10.6. The highest BCUT2D eigenvalue weighted by Crippen LogP contribution is 2.24. The lowest BCUT2D eigenvalue weighted by Crippen LogP contribution is -1.82. The predicted octanol–water partition coefficient (Wildman–Crippen LogP) is 3.79. The molecule has 3 heteroatoms. The first kappa shape index (κ1) is 9.90. The third kappa shape index (κ3) is 2.06. The van der Waals surface area contributed by atoms with Crippen LogP contribution in [-0.2, 0) is 6.42 Å². The first-order valence-electron chi connectivity index (χ1n) is 4.74. The van der Waals surface area contributed by atoms with Gasteiger partial charge in [-0.25, -0.2) is 8.78 Å². The van der Waals surface area contributed by atoms with Crippen LogP contribution in [0.2, 0.25) is 0 Å². The minimum atomic E-state index is -0.598. The molecule has 0 spiro atoms. The molecule has 0 aliphatic heterocycles. The second-order valence-electron chi connectivity index (χ2n) is 3.28. The summed E-state index contributed by atoms with van der Waals surface area (Å²) in [5, 5.41) is 0. The van der Waals surface area contributed by atoms with Crippen molar-refractivity contribution in [3.8, 4) is 11.3 Å². The molecular weight excluding hydrogens is 198 g/mol. The lowest BCUT2D eigenvalue weighted by Gasteiger charge is -1.98. The summed E-state index contributed by atoms with van der Waals surface area (Å²) in [5.41, 5.74) is 0.423. The molecule has 1 aromatic heterocycles. The minimum Gasteiger partial charge on any atom is -0.461 e. The fourth-order valence-corrected chi connectivity index (χ4v) is 1.42. The number of hydrogen-bond donors (Lipinski definition) is 0. The molecule has 0 aliphatic rings. The Labute approximate surface area is 86.3 Å². The van der Waals surface area contributed by atoms with Gasteiger partial charge in [-0.1, -0.05) is 6.92 Å². The summed E-state index contributed by atoms with van der Waals surface area (Å²) in [6, 6.07) is 6.86. The predicted molar refractivity (Wildman–Crippen MR) is 53.4 cm³/mol. The third-order valence-electron chi connectivity index (χ3n) is 2.16. The van der Waals surface area contributed by atoms with Crippen molar-refractivity contribution in [3.05, 3.63) is 47.7 Å². The second-order valence-corrected chi connectivity index (χ2v) is 3.28. The zero-order valence-corrected chi connectivity index (χ0v) is 8.26. The van der Waals surface area contributed by atoms with E-state index in [0.29, 0.717) is 11.3 Å². The highest BCUT2D eigenvalue weighted by molar-refractivity contribution is 5.57. The van der Waals surface area contributed by atoms with Crippen molar-refractivity contribution in [2.24, 2.45) is 0 Å². The van der Waals surface area contributed by atoms with Crippen LogP contribution in [0, 0.1) is 11.6 Å². The summed E-state index contributed by atoms with van der Waals surface area (Å²) >= 11 is 0. The van der Waals surface area contributed by atoms with E-state index < -0.39 is 11.6 Å². The van der Waals surface area contributed by atoms with Gasteiger partial charge in [-0.3, -0.25) is 0 Å². The molecule has 15 heavy (non-hydrogen) atoms. The fourth-order valence-electron chi connectivity index (χ4n) is 1.42. The van der Waals surface area contributed by atoms with Crippen molar-refractivity contribution in [1.82, 2.24) is 0 Å².